The van der Waals surface area contributed by atoms with Gasteiger partial charge in [0.25, 0.3) is 5.91 Å². The van der Waals surface area contributed by atoms with Crippen LogP contribution in [0.5, 0.6) is 0 Å². The summed E-state index contributed by atoms with van der Waals surface area (Å²) < 4.78 is 42.8. The molecule has 3 atom stereocenters. The van der Waals surface area contributed by atoms with Crippen molar-refractivity contribution in [1.29, 1.82) is 0 Å². The molecule has 2 saturated heterocycles. The van der Waals surface area contributed by atoms with Crippen LogP contribution < -0.4 is 5.32 Å². The molecule has 1 aromatic carbocycles. The molecule has 4 heterocycles. The number of nitrogens with one attached hydrogen (secondary N) is 1. The van der Waals surface area contributed by atoms with Crippen molar-refractivity contribution in [3.63, 3.8) is 0 Å². The van der Waals surface area contributed by atoms with Crippen LogP contribution in [0.2, 0.25) is 5.02 Å². The van der Waals surface area contributed by atoms with Crippen molar-refractivity contribution in [2.75, 3.05) is 31.5 Å². The summed E-state index contributed by atoms with van der Waals surface area (Å²) in [7, 11) is 0. The van der Waals surface area contributed by atoms with Gasteiger partial charge in [-0.15, -0.1) is 0 Å². The normalized spacial score (nSPS) is 25.9. The van der Waals surface area contributed by atoms with Crippen LogP contribution in [0.4, 0.5) is 19.0 Å². The Bertz CT molecular complexity index is 1020. The Morgan fingerprint density at radius 3 is 2.66 bits per heavy atom. The summed E-state index contributed by atoms with van der Waals surface area (Å²) in [5.41, 5.74) is 1.65. The van der Waals surface area contributed by atoms with Crippen molar-refractivity contribution in [3.05, 3.63) is 46.1 Å². The van der Waals surface area contributed by atoms with E-state index in [-0.39, 0.29) is 23.0 Å². The lowest BCUT2D eigenvalue weighted by atomic mass is 9.96. The topological polar surface area (TPSA) is 53.4 Å². The monoisotopic (exact) mass is 467 g/mol. The van der Waals surface area contributed by atoms with E-state index in [0.717, 1.165) is 41.7 Å². The van der Waals surface area contributed by atoms with Crippen LogP contribution in [0.3, 0.4) is 0 Å². The first-order valence-electron chi connectivity index (χ1n) is 10.9. The average molecular weight is 468 g/mol. The Hall–Kier alpha value is -2.26. The summed E-state index contributed by atoms with van der Waals surface area (Å²) >= 11 is 6.49. The molecule has 10 heteroatoms. The zero-order valence-electron chi connectivity index (χ0n) is 17.7. The fourth-order valence-corrected chi connectivity index (χ4v) is 5.33. The summed E-state index contributed by atoms with van der Waals surface area (Å²) in [6, 6.07) is 5.21. The van der Waals surface area contributed by atoms with Crippen molar-refractivity contribution < 1.29 is 18.0 Å². The first-order valence-corrected chi connectivity index (χ1v) is 11.3. The zero-order valence-corrected chi connectivity index (χ0v) is 18.5. The summed E-state index contributed by atoms with van der Waals surface area (Å²) in [6.07, 6.45) is -2.63. The Morgan fingerprint density at radius 2 is 1.94 bits per heavy atom. The largest absolute Gasteiger partial charge is 0.410 e. The quantitative estimate of drug-likeness (QED) is 0.710. The van der Waals surface area contributed by atoms with Gasteiger partial charge in [0.15, 0.2) is 11.7 Å². The van der Waals surface area contributed by atoms with Gasteiger partial charge in [-0.1, -0.05) is 41.4 Å². The molecule has 3 aliphatic rings. The maximum Gasteiger partial charge on any atom is 0.410 e. The Balaban J connectivity index is 1.47. The number of carbonyl (C=O) groups is 1. The van der Waals surface area contributed by atoms with Gasteiger partial charge in [-0.05, 0) is 31.9 Å². The van der Waals surface area contributed by atoms with E-state index in [2.05, 4.69) is 15.3 Å². The highest BCUT2D eigenvalue weighted by Crippen LogP contribution is 2.46. The number of aryl methyl sites for hydroxylation is 1. The standard InChI is InChI=1S/C22H25ClF3N5O/c1-13-4-6-14(7-5-13)16-11-17(22(24,25)26)31-20(27-16)18(23)19(28-31)21(32)30-10-9-29-8-2-3-15(29)12-30/h4-7,15-17,27H,2-3,8-12H2,1H3/t15-,16-,17-/m0/s1. The van der Waals surface area contributed by atoms with Crippen LogP contribution in [0.1, 0.15) is 53.0 Å². The van der Waals surface area contributed by atoms with Gasteiger partial charge in [-0.2, -0.15) is 18.3 Å². The molecule has 5 rings (SSSR count). The number of hydrogen-bond acceptors (Lipinski definition) is 4. The molecule has 0 bridgehead atoms. The van der Waals surface area contributed by atoms with E-state index >= 15 is 0 Å². The summed E-state index contributed by atoms with van der Waals surface area (Å²) in [5.74, 6) is -0.355. The molecule has 6 nitrogen and oxygen atoms in total. The molecule has 0 aliphatic carbocycles. The van der Waals surface area contributed by atoms with Crippen molar-refractivity contribution in [2.45, 2.75) is 50.5 Å². The summed E-state index contributed by atoms with van der Waals surface area (Å²) in [5, 5.41) is 7.16. The third kappa shape index (κ3) is 3.75. The van der Waals surface area contributed by atoms with Crippen LogP contribution in [0, 0.1) is 6.92 Å². The highest BCUT2D eigenvalue weighted by Gasteiger charge is 2.48. The van der Waals surface area contributed by atoms with E-state index in [1.165, 1.54) is 0 Å². The smallest absolute Gasteiger partial charge is 0.362 e. The molecular formula is C22H25ClF3N5O. The third-order valence-electron chi connectivity index (χ3n) is 6.85. The summed E-state index contributed by atoms with van der Waals surface area (Å²) in [4.78, 5) is 17.2. The summed E-state index contributed by atoms with van der Waals surface area (Å²) in [6.45, 7) is 4.80. The minimum atomic E-state index is -4.52. The maximum absolute atomic E-state index is 14.0. The van der Waals surface area contributed by atoms with E-state index < -0.39 is 24.2 Å². The van der Waals surface area contributed by atoms with E-state index in [9.17, 15) is 18.0 Å². The minimum absolute atomic E-state index is 0.0464. The number of carbonyl (C=O) groups excluding carboxylic acids is 1. The molecule has 0 spiro atoms. The number of rotatable bonds is 2. The van der Waals surface area contributed by atoms with Gasteiger partial charge in [-0.3, -0.25) is 9.69 Å². The number of fused-ring (bicyclic) bond motifs is 2. The predicted octanol–water partition coefficient (Wildman–Crippen LogP) is 4.43. The van der Waals surface area contributed by atoms with Crippen LogP contribution in [-0.4, -0.2) is 63.9 Å². The molecule has 1 aromatic heterocycles. The van der Waals surface area contributed by atoms with Crippen molar-refractivity contribution in [1.82, 2.24) is 19.6 Å². The van der Waals surface area contributed by atoms with Crippen molar-refractivity contribution >= 4 is 23.3 Å². The number of halogens is 4. The fourth-order valence-electron chi connectivity index (χ4n) is 5.07. The number of nitrogens with zero attached hydrogens (tertiary/aromatic N) is 4. The molecular weight excluding hydrogens is 443 g/mol. The zero-order chi connectivity index (χ0) is 22.6. The lowest BCUT2D eigenvalue weighted by Gasteiger charge is -2.37. The van der Waals surface area contributed by atoms with Gasteiger partial charge in [0, 0.05) is 32.1 Å². The third-order valence-corrected chi connectivity index (χ3v) is 7.21. The molecule has 2 fully saturated rings. The highest BCUT2D eigenvalue weighted by atomic mass is 35.5. The number of hydrogen-bond donors (Lipinski definition) is 1. The van der Waals surface area contributed by atoms with Crippen LogP contribution in [0.15, 0.2) is 24.3 Å². The Labute approximate surface area is 189 Å². The van der Waals surface area contributed by atoms with Gasteiger partial charge in [0.1, 0.15) is 10.8 Å². The molecule has 0 saturated carbocycles. The van der Waals surface area contributed by atoms with Gasteiger partial charge >= 0.3 is 6.18 Å². The predicted molar refractivity (Wildman–Crippen MR) is 115 cm³/mol. The number of benzene rings is 1. The molecule has 1 N–H and O–H groups in total. The number of piperazine rings is 1. The van der Waals surface area contributed by atoms with Crippen LogP contribution in [-0.2, 0) is 0 Å². The minimum Gasteiger partial charge on any atom is -0.362 e. The number of anilines is 1. The van der Waals surface area contributed by atoms with Crippen LogP contribution in [0.25, 0.3) is 0 Å². The molecule has 172 valence electrons. The molecule has 0 unspecified atom stereocenters. The highest BCUT2D eigenvalue weighted by molar-refractivity contribution is 6.36. The average Bonchev–Trinajstić information content (AvgIpc) is 3.36. The van der Waals surface area contributed by atoms with E-state index in [0.29, 0.717) is 19.1 Å². The second-order valence-electron chi connectivity index (χ2n) is 8.94. The second kappa shape index (κ2) is 7.95. The van der Waals surface area contributed by atoms with Crippen molar-refractivity contribution in [3.8, 4) is 0 Å². The number of alkyl halides is 3. The van der Waals surface area contributed by atoms with Crippen LogP contribution >= 0.6 is 11.6 Å². The first kappa shape index (κ1) is 21.6. The van der Waals surface area contributed by atoms with Crippen molar-refractivity contribution in [2.24, 2.45) is 0 Å². The molecule has 3 aliphatic heterocycles. The molecule has 1 amide bonds. The van der Waals surface area contributed by atoms with Gasteiger partial charge in [-0.25, -0.2) is 4.68 Å². The number of amides is 1. The molecule has 2 aromatic rings. The van der Waals surface area contributed by atoms with Gasteiger partial charge in [0.2, 0.25) is 0 Å². The first-order chi connectivity index (χ1) is 15.2. The molecule has 0 radical (unpaired) electrons. The Kier molecular flexibility index (Phi) is 5.36. The van der Waals surface area contributed by atoms with Gasteiger partial charge < -0.3 is 10.2 Å². The van der Waals surface area contributed by atoms with E-state index in [4.69, 9.17) is 11.6 Å². The van der Waals surface area contributed by atoms with E-state index in [1.54, 1.807) is 4.90 Å². The van der Waals surface area contributed by atoms with Gasteiger partial charge in [0.05, 0.1) is 6.04 Å². The maximum atomic E-state index is 14.0. The Morgan fingerprint density at radius 1 is 1.19 bits per heavy atom. The fraction of sp³-hybridized carbons (Fsp3) is 0.545. The lowest BCUT2D eigenvalue weighted by molar-refractivity contribution is -0.173. The van der Waals surface area contributed by atoms with E-state index in [1.807, 2.05) is 31.2 Å². The number of aromatic nitrogens is 2. The SMILES string of the molecule is Cc1ccc([C@@H]2C[C@@H](C(F)(F)F)n3nc(C(=O)N4CCN5CCC[C@H]5C4)c(Cl)c3N2)cc1. The lowest BCUT2D eigenvalue weighted by Crippen LogP contribution is -2.52. The second-order valence-corrected chi connectivity index (χ2v) is 9.32. The molecule has 32 heavy (non-hydrogen) atoms.